The van der Waals surface area contributed by atoms with Gasteiger partial charge in [-0.05, 0) is 55.2 Å². The van der Waals surface area contributed by atoms with E-state index in [-0.39, 0.29) is 10.8 Å². The van der Waals surface area contributed by atoms with E-state index in [4.69, 9.17) is 0 Å². The summed E-state index contributed by atoms with van der Waals surface area (Å²) in [6.07, 6.45) is 2.70. The number of carbonyl (C=O) groups is 1. The van der Waals surface area contributed by atoms with Gasteiger partial charge in [0.05, 0.1) is 4.90 Å². The largest absolute Gasteiger partial charge is 0.322 e. The Bertz CT molecular complexity index is 854. The van der Waals surface area contributed by atoms with Crippen molar-refractivity contribution in [2.45, 2.75) is 31.1 Å². The monoisotopic (exact) mass is 358 g/mol. The van der Waals surface area contributed by atoms with Crippen LogP contribution in [0.1, 0.15) is 35.7 Å². The molecule has 6 heteroatoms. The molecule has 1 aliphatic heterocycles. The van der Waals surface area contributed by atoms with Crippen molar-refractivity contribution in [2.75, 3.05) is 18.4 Å². The molecule has 0 atom stereocenters. The minimum absolute atomic E-state index is 0.216. The number of aryl methyl sites for hydroxylation is 1. The standard InChI is InChI=1S/C19H22N2O3S/c1-2-15-8-10-16(11-9-15)19(22)20-17-6-5-7-18(14-17)25(23,24)21-12-3-4-13-21/h5-11,14H,2-4,12-13H2,1H3,(H,20,22). The van der Waals surface area contributed by atoms with Crippen molar-refractivity contribution in [3.63, 3.8) is 0 Å². The van der Waals surface area contributed by atoms with Crippen LogP contribution in [0.25, 0.3) is 0 Å². The van der Waals surface area contributed by atoms with E-state index in [1.54, 1.807) is 30.3 Å². The maximum absolute atomic E-state index is 12.6. The fourth-order valence-electron chi connectivity index (χ4n) is 2.91. The summed E-state index contributed by atoms with van der Waals surface area (Å²) in [5, 5.41) is 2.78. The normalized spacial score (nSPS) is 15.2. The highest BCUT2D eigenvalue weighted by atomic mass is 32.2. The van der Waals surface area contributed by atoms with Crippen LogP contribution in [0.5, 0.6) is 0 Å². The summed E-state index contributed by atoms with van der Waals surface area (Å²) in [7, 11) is -3.49. The van der Waals surface area contributed by atoms with Crippen molar-refractivity contribution in [2.24, 2.45) is 0 Å². The smallest absolute Gasteiger partial charge is 0.255 e. The fourth-order valence-corrected chi connectivity index (χ4v) is 4.47. The number of nitrogens with one attached hydrogen (secondary N) is 1. The first-order chi connectivity index (χ1) is 12.0. The zero-order chi connectivity index (χ0) is 17.9. The molecular weight excluding hydrogens is 336 g/mol. The molecule has 0 bridgehead atoms. The molecule has 0 radical (unpaired) electrons. The summed E-state index contributed by atoms with van der Waals surface area (Å²) in [5.41, 5.74) is 2.19. The Labute approximate surface area is 148 Å². The van der Waals surface area contributed by atoms with Crippen molar-refractivity contribution in [1.29, 1.82) is 0 Å². The Morgan fingerprint density at radius 2 is 1.76 bits per heavy atom. The minimum Gasteiger partial charge on any atom is -0.322 e. The molecule has 1 aliphatic rings. The van der Waals surface area contributed by atoms with Crippen LogP contribution < -0.4 is 5.32 Å². The summed E-state index contributed by atoms with van der Waals surface area (Å²) in [4.78, 5) is 12.6. The first kappa shape index (κ1) is 17.6. The van der Waals surface area contributed by atoms with E-state index in [1.165, 1.54) is 10.4 Å². The lowest BCUT2D eigenvalue weighted by Crippen LogP contribution is -2.27. The van der Waals surface area contributed by atoms with Crippen molar-refractivity contribution < 1.29 is 13.2 Å². The number of hydrogen-bond acceptors (Lipinski definition) is 3. The summed E-state index contributed by atoms with van der Waals surface area (Å²) in [6.45, 7) is 3.17. The highest BCUT2D eigenvalue weighted by Gasteiger charge is 2.27. The Morgan fingerprint density at radius 3 is 2.40 bits per heavy atom. The molecule has 3 rings (SSSR count). The molecule has 1 saturated heterocycles. The number of hydrogen-bond donors (Lipinski definition) is 1. The van der Waals surface area contributed by atoms with Gasteiger partial charge in [0.15, 0.2) is 0 Å². The maximum Gasteiger partial charge on any atom is 0.255 e. The number of rotatable bonds is 5. The maximum atomic E-state index is 12.6. The van der Waals surface area contributed by atoms with Gasteiger partial charge < -0.3 is 5.32 Å². The summed E-state index contributed by atoms with van der Waals surface area (Å²) < 4.78 is 26.7. The Kier molecular flexibility index (Phi) is 5.20. The second-order valence-corrected chi connectivity index (χ2v) is 8.08. The molecule has 1 amide bonds. The summed E-state index contributed by atoms with van der Waals surface area (Å²) >= 11 is 0. The third-order valence-corrected chi connectivity index (χ3v) is 6.31. The molecule has 2 aromatic rings. The van der Waals surface area contributed by atoms with Crippen molar-refractivity contribution >= 4 is 21.6 Å². The molecule has 25 heavy (non-hydrogen) atoms. The first-order valence-electron chi connectivity index (χ1n) is 8.51. The molecule has 0 aromatic heterocycles. The number of anilines is 1. The van der Waals surface area contributed by atoms with E-state index in [9.17, 15) is 13.2 Å². The van der Waals surface area contributed by atoms with Crippen LogP contribution in [-0.4, -0.2) is 31.7 Å². The third kappa shape index (κ3) is 3.91. The van der Waals surface area contributed by atoms with Crippen LogP contribution in [0.3, 0.4) is 0 Å². The van der Waals surface area contributed by atoms with E-state index in [2.05, 4.69) is 12.2 Å². The first-order valence-corrected chi connectivity index (χ1v) is 9.95. The zero-order valence-electron chi connectivity index (χ0n) is 14.2. The number of benzene rings is 2. The third-order valence-electron chi connectivity index (χ3n) is 4.42. The molecule has 1 fully saturated rings. The predicted molar refractivity (Wildman–Crippen MR) is 98.2 cm³/mol. The predicted octanol–water partition coefficient (Wildman–Crippen LogP) is 3.29. The number of amides is 1. The van der Waals surface area contributed by atoms with E-state index in [0.29, 0.717) is 24.3 Å². The van der Waals surface area contributed by atoms with Gasteiger partial charge in [-0.2, -0.15) is 4.31 Å². The van der Waals surface area contributed by atoms with Gasteiger partial charge in [0.1, 0.15) is 0 Å². The molecule has 0 spiro atoms. The lowest BCUT2D eigenvalue weighted by atomic mass is 10.1. The van der Waals surface area contributed by atoms with Crippen molar-refractivity contribution in [1.82, 2.24) is 4.31 Å². The van der Waals surface area contributed by atoms with Gasteiger partial charge in [-0.1, -0.05) is 25.1 Å². The Hall–Kier alpha value is -2.18. The molecule has 5 nitrogen and oxygen atoms in total. The van der Waals surface area contributed by atoms with Gasteiger partial charge in [0.2, 0.25) is 10.0 Å². The van der Waals surface area contributed by atoms with Crippen LogP contribution in [0.4, 0.5) is 5.69 Å². The van der Waals surface area contributed by atoms with E-state index in [0.717, 1.165) is 24.8 Å². The van der Waals surface area contributed by atoms with Crippen LogP contribution in [0.15, 0.2) is 53.4 Å². The van der Waals surface area contributed by atoms with Crippen LogP contribution in [0.2, 0.25) is 0 Å². The van der Waals surface area contributed by atoms with Crippen LogP contribution >= 0.6 is 0 Å². The molecule has 1 heterocycles. The number of carbonyl (C=O) groups excluding carboxylic acids is 1. The van der Waals surface area contributed by atoms with Gasteiger partial charge in [0.25, 0.3) is 5.91 Å². The van der Waals surface area contributed by atoms with E-state index in [1.807, 2.05) is 12.1 Å². The van der Waals surface area contributed by atoms with Crippen LogP contribution in [0, 0.1) is 0 Å². The van der Waals surface area contributed by atoms with E-state index >= 15 is 0 Å². The average molecular weight is 358 g/mol. The average Bonchev–Trinajstić information content (AvgIpc) is 3.17. The highest BCUT2D eigenvalue weighted by molar-refractivity contribution is 7.89. The fraction of sp³-hybridized carbons (Fsp3) is 0.316. The number of sulfonamides is 1. The highest BCUT2D eigenvalue weighted by Crippen LogP contribution is 2.23. The summed E-state index contributed by atoms with van der Waals surface area (Å²) in [6, 6.07) is 13.8. The van der Waals surface area contributed by atoms with Crippen molar-refractivity contribution in [3.05, 3.63) is 59.7 Å². The topological polar surface area (TPSA) is 66.5 Å². The Morgan fingerprint density at radius 1 is 1.08 bits per heavy atom. The molecule has 0 saturated carbocycles. The van der Waals surface area contributed by atoms with Gasteiger partial charge in [-0.15, -0.1) is 0 Å². The van der Waals surface area contributed by atoms with Gasteiger partial charge in [-0.25, -0.2) is 8.42 Å². The minimum atomic E-state index is -3.49. The van der Waals surface area contributed by atoms with Gasteiger partial charge >= 0.3 is 0 Å². The zero-order valence-corrected chi connectivity index (χ0v) is 15.1. The molecule has 2 aromatic carbocycles. The molecule has 1 N–H and O–H groups in total. The quantitative estimate of drug-likeness (QED) is 0.892. The summed E-state index contributed by atoms with van der Waals surface area (Å²) in [5.74, 6) is -0.252. The second-order valence-electron chi connectivity index (χ2n) is 6.14. The lowest BCUT2D eigenvalue weighted by Gasteiger charge is -2.16. The SMILES string of the molecule is CCc1ccc(C(=O)Nc2cccc(S(=O)(=O)N3CCCC3)c2)cc1. The lowest BCUT2D eigenvalue weighted by molar-refractivity contribution is 0.102. The molecule has 0 aliphatic carbocycles. The second kappa shape index (κ2) is 7.37. The van der Waals surface area contributed by atoms with E-state index < -0.39 is 10.0 Å². The van der Waals surface area contributed by atoms with Crippen LogP contribution in [-0.2, 0) is 16.4 Å². The molecule has 0 unspecified atom stereocenters. The number of nitrogens with zero attached hydrogens (tertiary/aromatic N) is 1. The van der Waals surface area contributed by atoms with Gasteiger partial charge in [0, 0.05) is 24.3 Å². The van der Waals surface area contributed by atoms with Gasteiger partial charge in [-0.3, -0.25) is 4.79 Å². The Balaban J connectivity index is 1.78. The molecule has 132 valence electrons. The van der Waals surface area contributed by atoms with Crippen molar-refractivity contribution in [3.8, 4) is 0 Å². The molecular formula is C19H22N2O3S.